The van der Waals surface area contributed by atoms with Crippen LogP contribution in [0.4, 0.5) is 0 Å². The highest BCUT2D eigenvalue weighted by molar-refractivity contribution is 6.32. The van der Waals surface area contributed by atoms with Crippen molar-refractivity contribution >= 4 is 11.6 Å². The highest BCUT2D eigenvalue weighted by Gasteiger charge is 2.30. The van der Waals surface area contributed by atoms with Crippen molar-refractivity contribution in [2.75, 3.05) is 39.8 Å². The fraction of sp³-hybridized carbons (Fsp3) is 0.647. The minimum atomic E-state index is -0.00143. The van der Waals surface area contributed by atoms with E-state index in [1.165, 1.54) is 0 Å². The van der Waals surface area contributed by atoms with Gasteiger partial charge in [-0.15, -0.1) is 0 Å². The van der Waals surface area contributed by atoms with Gasteiger partial charge in [-0.1, -0.05) is 18.5 Å². The van der Waals surface area contributed by atoms with Gasteiger partial charge in [0.25, 0.3) is 0 Å². The summed E-state index contributed by atoms with van der Waals surface area (Å²) in [5, 5.41) is 10.4. The first-order chi connectivity index (χ1) is 11.0. The lowest BCUT2D eigenvalue weighted by atomic mass is 9.99. The summed E-state index contributed by atoms with van der Waals surface area (Å²) in [6.07, 6.45) is 1.07. The third-order valence-electron chi connectivity index (χ3n) is 4.56. The highest BCUT2D eigenvalue weighted by atomic mass is 35.5. The minimum Gasteiger partial charge on any atom is -0.503 e. The van der Waals surface area contributed by atoms with Gasteiger partial charge in [-0.2, -0.15) is 0 Å². The molecule has 1 saturated heterocycles. The lowest BCUT2D eigenvalue weighted by Gasteiger charge is -2.44. The Morgan fingerprint density at radius 3 is 2.74 bits per heavy atom. The smallest absolute Gasteiger partial charge is 0.176 e. The molecule has 2 atom stereocenters. The van der Waals surface area contributed by atoms with Crippen LogP contribution >= 0.6 is 11.6 Å². The molecule has 0 spiro atoms. The van der Waals surface area contributed by atoms with Gasteiger partial charge in [-0.3, -0.25) is 4.90 Å². The Morgan fingerprint density at radius 1 is 1.39 bits per heavy atom. The Kier molecular flexibility index (Phi) is 6.53. The molecule has 6 heteroatoms. The molecule has 23 heavy (non-hydrogen) atoms. The number of ether oxygens (including phenoxy) is 1. The third kappa shape index (κ3) is 4.10. The first kappa shape index (κ1) is 18.3. The monoisotopic (exact) mass is 341 g/mol. The van der Waals surface area contributed by atoms with Gasteiger partial charge in [-0.05, 0) is 38.1 Å². The van der Waals surface area contributed by atoms with Crippen LogP contribution in [0.15, 0.2) is 12.1 Å². The second kappa shape index (κ2) is 8.20. The van der Waals surface area contributed by atoms with Crippen LogP contribution in [0.2, 0.25) is 5.02 Å². The zero-order valence-electron chi connectivity index (χ0n) is 14.3. The summed E-state index contributed by atoms with van der Waals surface area (Å²) in [6, 6.07) is 4.21. The van der Waals surface area contributed by atoms with E-state index in [0.29, 0.717) is 30.0 Å². The van der Waals surface area contributed by atoms with Crippen molar-refractivity contribution in [1.82, 2.24) is 9.80 Å². The summed E-state index contributed by atoms with van der Waals surface area (Å²) in [5.74, 6) is 0.425. The van der Waals surface area contributed by atoms with Gasteiger partial charge in [0.2, 0.25) is 0 Å². The summed E-state index contributed by atoms with van der Waals surface area (Å²) in [7, 11) is 2.15. The zero-order chi connectivity index (χ0) is 17.0. The van der Waals surface area contributed by atoms with Gasteiger partial charge < -0.3 is 20.5 Å². The molecule has 1 aliphatic heterocycles. The maximum atomic E-state index is 10.0. The molecule has 0 bridgehead atoms. The number of halogens is 1. The Bertz CT molecular complexity index is 527. The third-order valence-corrected chi connectivity index (χ3v) is 4.85. The lowest BCUT2D eigenvalue weighted by Crippen LogP contribution is -2.53. The van der Waals surface area contributed by atoms with E-state index in [1.54, 1.807) is 0 Å². The lowest BCUT2D eigenvalue weighted by molar-refractivity contribution is 0.0520. The molecule has 0 aromatic heterocycles. The highest BCUT2D eigenvalue weighted by Crippen LogP contribution is 2.38. The quantitative estimate of drug-likeness (QED) is 0.832. The van der Waals surface area contributed by atoms with Crippen LogP contribution in [0.25, 0.3) is 0 Å². The number of phenols is 1. The van der Waals surface area contributed by atoms with Crippen molar-refractivity contribution in [2.24, 2.45) is 5.73 Å². The Labute approximate surface area is 144 Å². The molecule has 130 valence electrons. The summed E-state index contributed by atoms with van der Waals surface area (Å²) >= 11 is 6.19. The average molecular weight is 342 g/mol. The predicted molar refractivity (Wildman–Crippen MR) is 94.4 cm³/mol. The van der Waals surface area contributed by atoms with E-state index in [1.807, 2.05) is 19.1 Å². The number of nitrogens with zero attached hydrogens (tertiary/aromatic N) is 2. The van der Waals surface area contributed by atoms with Gasteiger partial charge in [0, 0.05) is 38.3 Å². The van der Waals surface area contributed by atoms with Crippen LogP contribution in [-0.2, 0) is 0 Å². The fourth-order valence-electron chi connectivity index (χ4n) is 3.31. The van der Waals surface area contributed by atoms with Crippen molar-refractivity contribution < 1.29 is 9.84 Å². The number of rotatable bonds is 6. The molecule has 0 amide bonds. The standard InChI is InChI=1S/C17H28ClN3O2/c1-4-13-11-20(3)6-7-21(13)15(10-19)12-8-14(18)17(22)16(9-12)23-5-2/h8-9,13,15,22H,4-7,10-11,19H2,1-3H3. The molecule has 1 aromatic rings. The normalized spacial score (nSPS) is 21.3. The van der Waals surface area contributed by atoms with Crippen molar-refractivity contribution in [1.29, 1.82) is 0 Å². The van der Waals surface area contributed by atoms with Crippen molar-refractivity contribution in [3.8, 4) is 11.5 Å². The second-order valence-electron chi connectivity index (χ2n) is 6.10. The van der Waals surface area contributed by atoms with Gasteiger partial charge in [0.1, 0.15) is 0 Å². The zero-order valence-corrected chi connectivity index (χ0v) is 15.0. The summed E-state index contributed by atoms with van der Waals surface area (Å²) < 4.78 is 5.51. The van der Waals surface area contributed by atoms with Crippen LogP contribution in [-0.4, -0.2) is 60.8 Å². The molecule has 0 aliphatic carbocycles. The molecule has 1 fully saturated rings. The Hall–Kier alpha value is -1.01. The van der Waals surface area contributed by atoms with E-state index < -0.39 is 0 Å². The molecular weight excluding hydrogens is 314 g/mol. The van der Waals surface area contributed by atoms with Crippen LogP contribution in [0.3, 0.4) is 0 Å². The average Bonchev–Trinajstić information content (AvgIpc) is 2.54. The minimum absolute atomic E-state index is 0.00143. The van der Waals surface area contributed by atoms with E-state index in [9.17, 15) is 5.11 Å². The SMILES string of the molecule is CCOc1cc(C(CN)N2CCN(C)CC2CC)cc(Cl)c1O. The molecule has 1 heterocycles. The van der Waals surface area contributed by atoms with Crippen molar-refractivity contribution in [3.05, 3.63) is 22.7 Å². The molecule has 2 rings (SSSR count). The predicted octanol–water partition coefficient (Wildman–Crippen LogP) is 2.47. The van der Waals surface area contributed by atoms with Crippen LogP contribution in [0.5, 0.6) is 11.5 Å². The van der Waals surface area contributed by atoms with Gasteiger partial charge >= 0.3 is 0 Å². The largest absolute Gasteiger partial charge is 0.503 e. The van der Waals surface area contributed by atoms with Crippen LogP contribution in [0.1, 0.15) is 31.9 Å². The van der Waals surface area contributed by atoms with E-state index in [2.05, 4.69) is 23.8 Å². The molecule has 1 aliphatic rings. The first-order valence-corrected chi connectivity index (χ1v) is 8.69. The summed E-state index contributed by atoms with van der Waals surface area (Å²) in [5.41, 5.74) is 7.10. The van der Waals surface area contributed by atoms with Crippen LogP contribution < -0.4 is 10.5 Å². The van der Waals surface area contributed by atoms with E-state index in [4.69, 9.17) is 22.1 Å². The van der Waals surface area contributed by atoms with E-state index in [0.717, 1.165) is 31.6 Å². The molecule has 0 saturated carbocycles. The van der Waals surface area contributed by atoms with Gasteiger partial charge in [-0.25, -0.2) is 0 Å². The molecule has 3 N–H and O–H groups in total. The number of piperazine rings is 1. The number of hydrogen-bond donors (Lipinski definition) is 2. The number of hydrogen-bond acceptors (Lipinski definition) is 5. The Balaban J connectivity index is 2.33. The number of phenolic OH excluding ortho intramolecular Hbond substituents is 1. The second-order valence-corrected chi connectivity index (χ2v) is 6.50. The molecule has 1 aromatic carbocycles. The van der Waals surface area contributed by atoms with Gasteiger partial charge in [0.05, 0.1) is 11.6 Å². The van der Waals surface area contributed by atoms with Crippen molar-refractivity contribution in [3.63, 3.8) is 0 Å². The summed E-state index contributed by atoms with van der Waals surface area (Å²) in [6.45, 7) is 8.11. The maximum absolute atomic E-state index is 10.0. The van der Waals surface area contributed by atoms with E-state index >= 15 is 0 Å². The fourth-order valence-corrected chi connectivity index (χ4v) is 3.53. The molecule has 0 radical (unpaired) electrons. The first-order valence-electron chi connectivity index (χ1n) is 8.31. The Morgan fingerprint density at radius 2 is 2.13 bits per heavy atom. The number of nitrogens with two attached hydrogens (primary N) is 1. The van der Waals surface area contributed by atoms with Crippen molar-refractivity contribution in [2.45, 2.75) is 32.4 Å². The number of benzene rings is 1. The summed E-state index contributed by atoms with van der Waals surface area (Å²) in [4.78, 5) is 4.81. The molecule has 2 unspecified atom stereocenters. The van der Waals surface area contributed by atoms with Crippen LogP contribution in [0, 0.1) is 0 Å². The maximum Gasteiger partial charge on any atom is 0.176 e. The van der Waals surface area contributed by atoms with E-state index in [-0.39, 0.29) is 11.8 Å². The topological polar surface area (TPSA) is 62.0 Å². The van der Waals surface area contributed by atoms with Gasteiger partial charge in [0.15, 0.2) is 11.5 Å². The molecular formula is C17H28ClN3O2. The number of likely N-dealkylation sites (N-methyl/N-ethyl adjacent to an activating group) is 1. The molecule has 5 nitrogen and oxygen atoms in total. The number of aromatic hydroxyl groups is 1.